The fraction of sp³-hybridized carbons (Fsp3) is 0.176. The van der Waals surface area contributed by atoms with Crippen LogP contribution < -0.4 is 10.2 Å². The predicted octanol–water partition coefficient (Wildman–Crippen LogP) is 3.51. The van der Waals surface area contributed by atoms with Gasteiger partial charge in [0.15, 0.2) is 34.9 Å². The summed E-state index contributed by atoms with van der Waals surface area (Å²) in [6.07, 6.45) is -0.421. The van der Waals surface area contributed by atoms with E-state index in [-0.39, 0.29) is 0 Å². The van der Waals surface area contributed by atoms with Crippen LogP contribution in [0.25, 0.3) is 0 Å². The van der Waals surface area contributed by atoms with E-state index in [0.717, 1.165) is 17.0 Å². The molecule has 10 heteroatoms. The van der Waals surface area contributed by atoms with Crippen LogP contribution in [0.2, 0.25) is 0 Å². The molecule has 0 bridgehead atoms. The maximum atomic E-state index is 13.9. The topological polar surface area (TPSA) is 49.4 Å². The lowest BCUT2D eigenvalue weighted by Gasteiger charge is -2.18. The number of anilines is 2. The van der Waals surface area contributed by atoms with Crippen molar-refractivity contribution in [2.24, 2.45) is 5.92 Å². The van der Waals surface area contributed by atoms with Crippen LogP contribution in [-0.2, 0) is 9.59 Å². The van der Waals surface area contributed by atoms with Crippen molar-refractivity contribution < 1.29 is 35.9 Å². The Kier molecular flexibility index (Phi) is 4.81. The summed E-state index contributed by atoms with van der Waals surface area (Å²) in [6.45, 7) is -0.391. The van der Waals surface area contributed by atoms with Gasteiger partial charge in [-0.25, -0.2) is 26.3 Å². The van der Waals surface area contributed by atoms with Crippen molar-refractivity contribution in [3.05, 3.63) is 59.2 Å². The van der Waals surface area contributed by atoms with E-state index in [1.807, 2.05) is 5.32 Å². The zero-order valence-corrected chi connectivity index (χ0v) is 13.3. The fourth-order valence-corrected chi connectivity index (χ4v) is 2.70. The highest BCUT2D eigenvalue weighted by molar-refractivity contribution is 6.03. The Labute approximate surface area is 148 Å². The molecule has 1 N–H and O–H groups in total. The van der Waals surface area contributed by atoms with Crippen LogP contribution >= 0.6 is 0 Å². The maximum Gasteiger partial charge on any atom is 0.229 e. The van der Waals surface area contributed by atoms with Gasteiger partial charge in [0.25, 0.3) is 0 Å². The van der Waals surface area contributed by atoms with Gasteiger partial charge >= 0.3 is 0 Å². The van der Waals surface area contributed by atoms with Gasteiger partial charge in [-0.15, -0.1) is 0 Å². The SMILES string of the molecule is O=C(Nc1ccc(F)c(F)c1F)C1CC(=O)N(c2ccc(F)c(F)c2F)C1. The first-order valence-electron chi connectivity index (χ1n) is 7.59. The minimum Gasteiger partial charge on any atom is -0.323 e. The Morgan fingerprint density at radius 1 is 0.889 bits per heavy atom. The largest absolute Gasteiger partial charge is 0.323 e. The minimum absolute atomic E-state index is 0.391. The van der Waals surface area contributed by atoms with Crippen molar-refractivity contribution in [1.82, 2.24) is 0 Å². The summed E-state index contributed by atoms with van der Waals surface area (Å²) in [5.74, 6) is -12.4. The highest BCUT2D eigenvalue weighted by atomic mass is 19.2. The molecule has 27 heavy (non-hydrogen) atoms. The molecule has 0 radical (unpaired) electrons. The molecule has 0 aliphatic carbocycles. The second-order valence-electron chi connectivity index (χ2n) is 5.81. The first-order chi connectivity index (χ1) is 12.7. The van der Waals surface area contributed by atoms with Gasteiger partial charge in [-0.05, 0) is 24.3 Å². The summed E-state index contributed by atoms with van der Waals surface area (Å²) in [7, 11) is 0. The molecule has 1 unspecified atom stereocenters. The van der Waals surface area contributed by atoms with Crippen LogP contribution in [-0.4, -0.2) is 18.4 Å². The molecule has 0 saturated carbocycles. The Bertz CT molecular complexity index is 950. The molecule has 2 aromatic carbocycles. The summed E-state index contributed by atoms with van der Waals surface area (Å²) in [4.78, 5) is 25.0. The molecule has 1 aliphatic heterocycles. The molecular weight excluding hydrogens is 378 g/mol. The average molecular weight is 388 g/mol. The van der Waals surface area contributed by atoms with Crippen molar-refractivity contribution in [2.45, 2.75) is 6.42 Å². The van der Waals surface area contributed by atoms with E-state index in [4.69, 9.17) is 0 Å². The van der Waals surface area contributed by atoms with Crippen molar-refractivity contribution in [3.63, 3.8) is 0 Å². The zero-order valence-electron chi connectivity index (χ0n) is 13.3. The van der Waals surface area contributed by atoms with Gasteiger partial charge in [-0.2, -0.15) is 0 Å². The molecule has 1 saturated heterocycles. The van der Waals surface area contributed by atoms with E-state index in [0.29, 0.717) is 12.1 Å². The van der Waals surface area contributed by atoms with Gasteiger partial charge in [0.2, 0.25) is 11.8 Å². The number of rotatable bonds is 3. The molecule has 142 valence electrons. The Morgan fingerprint density at radius 2 is 1.48 bits per heavy atom. The standard InChI is InChI=1S/C17H10F6N2O2/c18-8-1-3-10(15(22)13(8)20)24-17(27)7-5-12(26)25(6-7)11-4-2-9(19)14(21)16(11)23/h1-4,7H,5-6H2,(H,24,27). The number of halogens is 6. The highest BCUT2D eigenvalue weighted by Gasteiger charge is 2.37. The van der Waals surface area contributed by atoms with Gasteiger partial charge in [-0.3, -0.25) is 9.59 Å². The van der Waals surface area contributed by atoms with Gasteiger partial charge in [0.1, 0.15) is 0 Å². The van der Waals surface area contributed by atoms with E-state index in [1.165, 1.54) is 0 Å². The number of nitrogens with one attached hydrogen (secondary N) is 1. The molecule has 0 spiro atoms. The quantitative estimate of drug-likeness (QED) is 0.646. The predicted molar refractivity (Wildman–Crippen MR) is 81.7 cm³/mol. The van der Waals surface area contributed by atoms with Crippen molar-refractivity contribution >= 4 is 23.2 Å². The number of hydrogen-bond acceptors (Lipinski definition) is 2. The zero-order chi connectivity index (χ0) is 19.9. The third kappa shape index (κ3) is 3.34. The number of carbonyl (C=O) groups is 2. The molecular formula is C17H10F6N2O2. The monoisotopic (exact) mass is 388 g/mol. The van der Waals surface area contributed by atoms with E-state index in [2.05, 4.69) is 0 Å². The average Bonchev–Trinajstić information content (AvgIpc) is 3.02. The van der Waals surface area contributed by atoms with Gasteiger partial charge in [0.05, 0.1) is 17.3 Å². The Morgan fingerprint density at radius 3 is 2.15 bits per heavy atom. The number of amides is 2. The maximum absolute atomic E-state index is 13.9. The van der Waals surface area contributed by atoms with Crippen LogP contribution in [0, 0.1) is 40.8 Å². The molecule has 2 aromatic rings. The Hall–Kier alpha value is -3.04. The van der Waals surface area contributed by atoms with Crippen LogP contribution in [0.4, 0.5) is 37.7 Å². The van der Waals surface area contributed by atoms with E-state index < -0.39 is 77.0 Å². The molecule has 2 amide bonds. The van der Waals surface area contributed by atoms with E-state index in [1.54, 1.807) is 0 Å². The lowest BCUT2D eigenvalue weighted by molar-refractivity contribution is -0.122. The first-order valence-corrected chi connectivity index (χ1v) is 7.59. The summed E-state index contributed by atoms with van der Waals surface area (Å²) in [5.41, 5.74) is -1.18. The van der Waals surface area contributed by atoms with Crippen LogP contribution in [0.5, 0.6) is 0 Å². The minimum atomic E-state index is -1.78. The molecule has 1 fully saturated rings. The number of benzene rings is 2. The van der Waals surface area contributed by atoms with Gasteiger partial charge < -0.3 is 10.2 Å². The van der Waals surface area contributed by atoms with Gasteiger partial charge in [-0.1, -0.05) is 0 Å². The molecule has 1 heterocycles. The second-order valence-corrected chi connectivity index (χ2v) is 5.81. The molecule has 1 atom stereocenters. The fourth-order valence-electron chi connectivity index (χ4n) is 2.70. The lowest BCUT2D eigenvalue weighted by atomic mass is 10.1. The highest BCUT2D eigenvalue weighted by Crippen LogP contribution is 2.30. The second kappa shape index (κ2) is 6.93. The van der Waals surface area contributed by atoms with Crippen molar-refractivity contribution in [1.29, 1.82) is 0 Å². The summed E-state index contributed by atoms with van der Waals surface area (Å²) in [5, 5.41) is 2.02. The van der Waals surface area contributed by atoms with Crippen molar-refractivity contribution in [2.75, 3.05) is 16.8 Å². The van der Waals surface area contributed by atoms with Crippen LogP contribution in [0.1, 0.15) is 6.42 Å². The number of nitrogens with zero attached hydrogens (tertiary/aromatic N) is 1. The summed E-state index contributed by atoms with van der Waals surface area (Å²) >= 11 is 0. The molecule has 3 rings (SSSR count). The third-order valence-corrected chi connectivity index (χ3v) is 4.09. The summed E-state index contributed by atoms with van der Waals surface area (Å²) < 4.78 is 80.0. The normalized spacial score (nSPS) is 16.7. The van der Waals surface area contributed by atoms with E-state index >= 15 is 0 Å². The molecule has 0 aromatic heterocycles. The lowest BCUT2D eigenvalue weighted by Crippen LogP contribution is -2.29. The number of hydrogen-bond donors (Lipinski definition) is 1. The Balaban J connectivity index is 1.79. The first kappa shape index (κ1) is 18.7. The number of carbonyl (C=O) groups excluding carboxylic acids is 2. The molecule has 1 aliphatic rings. The smallest absolute Gasteiger partial charge is 0.229 e. The molecule has 4 nitrogen and oxygen atoms in total. The van der Waals surface area contributed by atoms with Crippen LogP contribution in [0.3, 0.4) is 0 Å². The van der Waals surface area contributed by atoms with Gasteiger partial charge in [0, 0.05) is 13.0 Å². The summed E-state index contributed by atoms with van der Waals surface area (Å²) in [6, 6.07) is 2.89. The third-order valence-electron chi connectivity index (χ3n) is 4.09. The van der Waals surface area contributed by atoms with E-state index in [9.17, 15) is 35.9 Å². The van der Waals surface area contributed by atoms with Crippen molar-refractivity contribution in [3.8, 4) is 0 Å². The van der Waals surface area contributed by atoms with Crippen LogP contribution in [0.15, 0.2) is 24.3 Å².